The minimum atomic E-state index is -1.15. The van der Waals surface area contributed by atoms with Crippen molar-refractivity contribution in [3.8, 4) is 0 Å². The highest BCUT2D eigenvalue weighted by Crippen LogP contribution is 2.19. The molecule has 1 saturated heterocycles. The number of amides is 1. The fraction of sp³-hybridized carbons (Fsp3) is 0.333. The van der Waals surface area contributed by atoms with Crippen molar-refractivity contribution in [3.63, 3.8) is 0 Å². The number of ether oxygens (including phenoxy) is 1. The molecule has 0 spiro atoms. The molecule has 0 saturated carbocycles. The summed E-state index contributed by atoms with van der Waals surface area (Å²) in [6.45, 7) is 0. The topological polar surface area (TPSA) is 95.9 Å². The molecule has 1 fully saturated rings. The molecule has 1 amide bonds. The Morgan fingerprint density at radius 3 is 2.50 bits per heavy atom. The van der Waals surface area contributed by atoms with Gasteiger partial charge in [-0.05, 0) is 12.1 Å². The maximum absolute atomic E-state index is 11.8. The molecule has 0 bridgehead atoms. The number of aliphatic carboxylic acids is 1. The van der Waals surface area contributed by atoms with E-state index < -0.39 is 30.3 Å². The van der Waals surface area contributed by atoms with Crippen LogP contribution in [0.15, 0.2) is 30.3 Å². The summed E-state index contributed by atoms with van der Waals surface area (Å²) in [7, 11) is 0. The molecule has 2 rings (SSSR count). The summed E-state index contributed by atoms with van der Waals surface area (Å²) in [5.41, 5.74) is 0.423. The summed E-state index contributed by atoms with van der Waals surface area (Å²) in [4.78, 5) is 22.5. The zero-order chi connectivity index (χ0) is 13.1. The lowest BCUT2D eigenvalue weighted by atomic mass is 10.2. The molecule has 1 aromatic rings. The Hall–Kier alpha value is -1.92. The van der Waals surface area contributed by atoms with Gasteiger partial charge < -0.3 is 20.3 Å². The number of benzene rings is 1. The SMILES string of the molecule is O=C(N[C@@H]1O[C@H](C(=O)O)C[C@H]1O)c1ccccc1. The summed E-state index contributed by atoms with van der Waals surface area (Å²) in [5, 5.41) is 20.8. The molecule has 3 atom stereocenters. The van der Waals surface area contributed by atoms with Gasteiger partial charge in [-0.2, -0.15) is 0 Å². The fourth-order valence-electron chi connectivity index (χ4n) is 1.76. The molecule has 18 heavy (non-hydrogen) atoms. The standard InChI is InChI=1S/C12H13NO5/c14-8-6-9(12(16)17)18-11(8)13-10(15)7-4-2-1-3-5-7/h1-5,8-9,11,14H,6H2,(H,13,15)(H,16,17)/t8-,9+,11-/m1/s1. The van der Waals surface area contributed by atoms with E-state index in [9.17, 15) is 14.7 Å². The average molecular weight is 251 g/mol. The van der Waals surface area contributed by atoms with Crippen LogP contribution in [0.3, 0.4) is 0 Å². The Kier molecular flexibility index (Phi) is 3.59. The zero-order valence-electron chi connectivity index (χ0n) is 9.45. The third-order valence-corrected chi connectivity index (χ3v) is 2.70. The highest BCUT2D eigenvalue weighted by atomic mass is 16.6. The van der Waals surface area contributed by atoms with Crippen molar-refractivity contribution < 1.29 is 24.5 Å². The first-order valence-electron chi connectivity index (χ1n) is 5.50. The first-order chi connectivity index (χ1) is 8.58. The molecular weight excluding hydrogens is 238 g/mol. The van der Waals surface area contributed by atoms with Gasteiger partial charge in [-0.15, -0.1) is 0 Å². The van der Waals surface area contributed by atoms with E-state index in [1.54, 1.807) is 30.3 Å². The predicted octanol–water partition coefficient (Wildman–Crippen LogP) is -0.0231. The van der Waals surface area contributed by atoms with E-state index in [-0.39, 0.29) is 6.42 Å². The average Bonchev–Trinajstić information content (AvgIpc) is 2.72. The van der Waals surface area contributed by atoms with Gasteiger partial charge in [0.2, 0.25) is 0 Å². The van der Waals surface area contributed by atoms with Crippen LogP contribution in [0.2, 0.25) is 0 Å². The largest absolute Gasteiger partial charge is 0.479 e. The number of aliphatic hydroxyl groups excluding tert-OH is 1. The fourth-order valence-corrected chi connectivity index (χ4v) is 1.76. The molecule has 0 radical (unpaired) electrons. The van der Waals surface area contributed by atoms with Crippen molar-refractivity contribution in [2.75, 3.05) is 0 Å². The second kappa shape index (κ2) is 5.16. The minimum absolute atomic E-state index is 0.0327. The lowest BCUT2D eigenvalue weighted by molar-refractivity contribution is -0.150. The van der Waals surface area contributed by atoms with Gasteiger partial charge in [0, 0.05) is 12.0 Å². The smallest absolute Gasteiger partial charge is 0.333 e. The van der Waals surface area contributed by atoms with Crippen molar-refractivity contribution >= 4 is 11.9 Å². The number of carboxylic acids is 1. The van der Waals surface area contributed by atoms with E-state index in [4.69, 9.17) is 9.84 Å². The molecular formula is C12H13NO5. The normalized spacial score (nSPS) is 26.8. The minimum Gasteiger partial charge on any atom is -0.479 e. The van der Waals surface area contributed by atoms with Gasteiger partial charge in [0.15, 0.2) is 12.3 Å². The van der Waals surface area contributed by atoms with Gasteiger partial charge >= 0.3 is 5.97 Å². The van der Waals surface area contributed by atoms with Crippen LogP contribution in [-0.2, 0) is 9.53 Å². The molecule has 1 aromatic carbocycles. The van der Waals surface area contributed by atoms with Crippen LogP contribution in [0.5, 0.6) is 0 Å². The van der Waals surface area contributed by atoms with E-state index in [0.717, 1.165) is 0 Å². The third kappa shape index (κ3) is 2.66. The van der Waals surface area contributed by atoms with Crippen molar-refractivity contribution in [1.82, 2.24) is 5.32 Å². The number of hydrogen-bond acceptors (Lipinski definition) is 4. The molecule has 0 aliphatic carbocycles. The Morgan fingerprint density at radius 2 is 1.94 bits per heavy atom. The molecule has 3 N–H and O–H groups in total. The predicted molar refractivity (Wildman–Crippen MR) is 60.8 cm³/mol. The molecule has 6 nitrogen and oxygen atoms in total. The second-order valence-electron chi connectivity index (χ2n) is 4.03. The van der Waals surface area contributed by atoms with Gasteiger partial charge in [0.1, 0.15) is 6.10 Å². The van der Waals surface area contributed by atoms with E-state index in [0.29, 0.717) is 5.56 Å². The van der Waals surface area contributed by atoms with E-state index in [2.05, 4.69) is 5.32 Å². The quantitative estimate of drug-likeness (QED) is 0.701. The number of rotatable bonds is 3. The van der Waals surface area contributed by atoms with Crippen LogP contribution in [0, 0.1) is 0 Å². The third-order valence-electron chi connectivity index (χ3n) is 2.70. The maximum atomic E-state index is 11.8. The summed E-state index contributed by atoms with van der Waals surface area (Å²) in [5.74, 6) is -1.56. The van der Waals surface area contributed by atoms with Crippen LogP contribution < -0.4 is 5.32 Å². The van der Waals surface area contributed by atoms with E-state index >= 15 is 0 Å². The monoisotopic (exact) mass is 251 g/mol. The van der Waals surface area contributed by atoms with Crippen molar-refractivity contribution in [2.24, 2.45) is 0 Å². The maximum Gasteiger partial charge on any atom is 0.333 e. The summed E-state index contributed by atoms with van der Waals surface area (Å²) in [6.07, 6.45) is -3.12. The van der Waals surface area contributed by atoms with Crippen molar-refractivity contribution in [2.45, 2.75) is 24.9 Å². The molecule has 6 heteroatoms. The van der Waals surface area contributed by atoms with Gasteiger partial charge in [0.25, 0.3) is 5.91 Å². The summed E-state index contributed by atoms with van der Waals surface area (Å²) >= 11 is 0. The van der Waals surface area contributed by atoms with Crippen LogP contribution >= 0.6 is 0 Å². The summed E-state index contributed by atoms with van der Waals surface area (Å²) in [6, 6.07) is 8.43. The van der Waals surface area contributed by atoms with Crippen LogP contribution in [-0.4, -0.2) is 40.5 Å². The lowest BCUT2D eigenvalue weighted by Crippen LogP contribution is -2.41. The highest BCUT2D eigenvalue weighted by molar-refractivity contribution is 5.94. The van der Waals surface area contributed by atoms with Crippen LogP contribution in [0.4, 0.5) is 0 Å². The Morgan fingerprint density at radius 1 is 1.28 bits per heavy atom. The molecule has 1 aliphatic rings. The lowest BCUT2D eigenvalue weighted by Gasteiger charge is -2.15. The number of aliphatic hydroxyl groups is 1. The molecule has 0 unspecified atom stereocenters. The summed E-state index contributed by atoms with van der Waals surface area (Å²) < 4.78 is 5.05. The first-order valence-corrected chi connectivity index (χ1v) is 5.50. The van der Waals surface area contributed by atoms with Gasteiger partial charge in [-0.25, -0.2) is 4.79 Å². The van der Waals surface area contributed by atoms with E-state index in [1.807, 2.05) is 0 Å². The Bertz CT molecular complexity index is 447. The van der Waals surface area contributed by atoms with Crippen molar-refractivity contribution in [1.29, 1.82) is 0 Å². The van der Waals surface area contributed by atoms with Crippen LogP contribution in [0.25, 0.3) is 0 Å². The van der Waals surface area contributed by atoms with Gasteiger partial charge in [-0.1, -0.05) is 18.2 Å². The highest BCUT2D eigenvalue weighted by Gasteiger charge is 2.38. The van der Waals surface area contributed by atoms with Crippen molar-refractivity contribution in [3.05, 3.63) is 35.9 Å². The van der Waals surface area contributed by atoms with Crippen LogP contribution in [0.1, 0.15) is 16.8 Å². The number of carboxylic acid groups (broad SMARTS) is 1. The molecule has 0 aromatic heterocycles. The first kappa shape index (κ1) is 12.5. The number of carbonyl (C=O) groups excluding carboxylic acids is 1. The van der Waals surface area contributed by atoms with E-state index in [1.165, 1.54) is 0 Å². The number of hydrogen-bond donors (Lipinski definition) is 3. The number of nitrogens with one attached hydrogen (secondary N) is 1. The molecule has 96 valence electrons. The Labute approximate surface area is 103 Å². The molecule has 1 heterocycles. The number of carbonyl (C=O) groups is 2. The second-order valence-corrected chi connectivity index (χ2v) is 4.03. The Balaban J connectivity index is 1.98. The zero-order valence-corrected chi connectivity index (χ0v) is 9.45. The van der Waals surface area contributed by atoms with Gasteiger partial charge in [0.05, 0.1) is 0 Å². The molecule has 1 aliphatic heterocycles. The van der Waals surface area contributed by atoms with Gasteiger partial charge in [-0.3, -0.25) is 4.79 Å².